The Balaban J connectivity index is 2.38. The van der Waals surface area contributed by atoms with E-state index < -0.39 is 0 Å². The van der Waals surface area contributed by atoms with Crippen molar-refractivity contribution in [3.05, 3.63) is 81.7 Å². The molecule has 0 spiro atoms. The number of hydrogen-bond acceptors (Lipinski definition) is 2. The molecule has 0 heterocycles. The van der Waals surface area contributed by atoms with E-state index in [1.807, 2.05) is 48.5 Å². The summed E-state index contributed by atoms with van der Waals surface area (Å²) in [5.74, 6) is 0.0326. The van der Waals surface area contributed by atoms with Crippen molar-refractivity contribution in [2.24, 2.45) is 5.11 Å². The van der Waals surface area contributed by atoms with Gasteiger partial charge in [0.2, 0.25) is 0 Å². The molecule has 21 heavy (non-hydrogen) atoms. The number of rotatable bonds is 5. The molecule has 0 unspecified atom stereocenters. The third-order valence-corrected chi connectivity index (χ3v) is 3.11. The SMILES string of the molecule is CC(=O)c1ccc(/C(=C/c2ccccc2)CN=[N+]=[N-])cc1. The first-order chi connectivity index (χ1) is 10.2. The van der Waals surface area contributed by atoms with Gasteiger partial charge in [0.15, 0.2) is 5.78 Å². The van der Waals surface area contributed by atoms with Crippen molar-refractivity contribution in [1.29, 1.82) is 0 Å². The Labute approximate surface area is 123 Å². The molecule has 0 atom stereocenters. The van der Waals surface area contributed by atoms with Crippen molar-refractivity contribution in [3.63, 3.8) is 0 Å². The van der Waals surface area contributed by atoms with E-state index in [0.29, 0.717) is 5.56 Å². The van der Waals surface area contributed by atoms with Crippen molar-refractivity contribution < 1.29 is 4.79 Å². The molecule has 2 aromatic carbocycles. The molecule has 0 amide bonds. The second-order valence-corrected chi connectivity index (χ2v) is 4.60. The van der Waals surface area contributed by atoms with Gasteiger partial charge < -0.3 is 0 Å². The molecular formula is C17H15N3O. The fourth-order valence-electron chi connectivity index (χ4n) is 2.00. The summed E-state index contributed by atoms with van der Waals surface area (Å²) in [5, 5.41) is 3.65. The number of hydrogen-bond donors (Lipinski definition) is 0. The highest BCUT2D eigenvalue weighted by atomic mass is 16.1. The molecule has 0 aliphatic carbocycles. The summed E-state index contributed by atoms with van der Waals surface area (Å²) in [6, 6.07) is 17.1. The lowest BCUT2D eigenvalue weighted by Crippen LogP contribution is -1.94. The summed E-state index contributed by atoms with van der Waals surface area (Å²) < 4.78 is 0. The predicted octanol–water partition coefficient (Wildman–Crippen LogP) is 4.74. The second kappa shape index (κ2) is 7.08. The summed E-state index contributed by atoms with van der Waals surface area (Å²) in [5.41, 5.74) is 12.1. The molecule has 4 heteroatoms. The molecule has 0 saturated carbocycles. The van der Waals surface area contributed by atoms with Gasteiger partial charge in [-0.05, 0) is 29.2 Å². The van der Waals surface area contributed by atoms with Crippen LogP contribution in [0.25, 0.3) is 22.1 Å². The van der Waals surface area contributed by atoms with E-state index in [9.17, 15) is 4.79 Å². The highest BCUT2D eigenvalue weighted by molar-refractivity contribution is 5.94. The molecular weight excluding hydrogens is 262 g/mol. The smallest absolute Gasteiger partial charge is 0.159 e. The zero-order chi connectivity index (χ0) is 15.1. The van der Waals surface area contributed by atoms with E-state index in [2.05, 4.69) is 10.0 Å². The van der Waals surface area contributed by atoms with Crippen LogP contribution in [0.1, 0.15) is 28.4 Å². The second-order valence-electron chi connectivity index (χ2n) is 4.60. The van der Waals surface area contributed by atoms with Gasteiger partial charge in [-0.15, -0.1) is 0 Å². The Bertz CT molecular complexity index is 697. The van der Waals surface area contributed by atoms with E-state index in [1.54, 1.807) is 12.1 Å². The van der Waals surface area contributed by atoms with Crippen LogP contribution in [0.4, 0.5) is 0 Å². The van der Waals surface area contributed by atoms with Crippen molar-refractivity contribution >= 4 is 17.4 Å². The lowest BCUT2D eigenvalue weighted by Gasteiger charge is -2.06. The molecule has 0 bridgehead atoms. The minimum atomic E-state index is 0.0326. The number of carbonyl (C=O) groups excluding carboxylic acids is 1. The highest BCUT2D eigenvalue weighted by Crippen LogP contribution is 2.20. The molecule has 2 rings (SSSR count). The van der Waals surface area contributed by atoms with Gasteiger partial charge in [-0.3, -0.25) is 4.79 Å². The molecule has 4 nitrogen and oxygen atoms in total. The van der Waals surface area contributed by atoms with E-state index in [1.165, 1.54) is 6.92 Å². The summed E-state index contributed by atoms with van der Waals surface area (Å²) in [4.78, 5) is 14.1. The fourth-order valence-corrected chi connectivity index (χ4v) is 2.00. The largest absolute Gasteiger partial charge is 0.295 e. The van der Waals surface area contributed by atoms with Gasteiger partial charge in [-0.1, -0.05) is 65.8 Å². The standard InChI is InChI=1S/C17H15N3O/c1-13(21)15-7-9-16(10-8-15)17(12-19-20-18)11-14-5-3-2-4-6-14/h2-11H,12H2,1H3/b17-11+. The van der Waals surface area contributed by atoms with Gasteiger partial charge >= 0.3 is 0 Å². The maximum Gasteiger partial charge on any atom is 0.159 e. The number of nitrogens with zero attached hydrogens (tertiary/aromatic N) is 3. The lowest BCUT2D eigenvalue weighted by atomic mass is 10.0. The quantitative estimate of drug-likeness (QED) is 0.256. The van der Waals surface area contributed by atoms with Crippen LogP contribution in [0.15, 0.2) is 59.7 Å². The first-order valence-electron chi connectivity index (χ1n) is 6.58. The highest BCUT2D eigenvalue weighted by Gasteiger charge is 2.03. The molecule has 0 saturated heterocycles. The summed E-state index contributed by atoms with van der Waals surface area (Å²) in [6.07, 6.45) is 1.98. The van der Waals surface area contributed by atoms with Gasteiger partial charge in [0, 0.05) is 10.5 Å². The maximum atomic E-state index is 11.3. The van der Waals surface area contributed by atoms with Crippen molar-refractivity contribution in [2.75, 3.05) is 6.54 Å². The van der Waals surface area contributed by atoms with E-state index in [4.69, 9.17) is 5.53 Å². The maximum absolute atomic E-state index is 11.3. The monoisotopic (exact) mass is 277 g/mol. The van der Waals surface area contributed by atoms with Crippen LogP contribution in [0, 0.1) is 0 Å². The number of azide groups is 1. The normalized spacial score (nSPS) is 10.8. The Morgan fingerprint density at radius 3 is 2.29 bits per heavy atom. The minimum Gasteiger partial charge on any atom is -0.295 e. The Hall–Kier alpha value is -2.84. The third kappa shape index (κ3) is 4.06. The Morgan fingerprint density at radius 2 is 1.71 bits per heavy atom. The van der Waals surface area contributed by atoms with Crippen LogP contribution in [-0.2, 0) is 0 Å². The first-order valence-corrected chi connectivity index (χ1v) is 6.58. The van der Waals surface area contributed by atoms with Crippen LogP contribution >= 0.6 is 0 Å². The number of ketones is 1. The van der Waals surface area contributed by atoms with Crippen LogP contribution in [0.2, 0.25) is 0 Å². The van der Waals surface area contributed by atoms with Gasteiger partial charge in [-0.25, -0.2) is 0 Å². The van der Waals surface area contributed by atoms with Crippen molar-refractivity contribution in [3.8, 4) is 0 Å². The van der Waals surface area contributed by atoms with E-state index in [-0.39, 0.29) is 12.3 Å². The third-order valence-electron chi connectivity index (χ3n) is 3.11. The average Bonchev–Trinajstić information content (AvgIpc) is 2.52. The predicted molar refractivity (Wildman–Crippen MR) is 84.8 cm³/mol. The molecule has 104 valence electrons. The molecule has 0 fully saturated rings. The fraction of sp³-hybridized carbons (Fsp3) is 0.118. The van der Waals surface area contributed by atoms with E-state index in [0.717, 1.165) is 16.7 Å². The molecule has 0 aliphatic heterocycles. The van der Waals surface area contributed by atoms with Crippen molar-refractivity contribution in [1.82, 2.24) is 0 Å². The average molecular weight is 277 g/mol. The zero-order valence-electron chi connectivity index (χ0n) is 11.7. The van der Waals surface area contributed by atoms with Gasteiger partial charge in [0.05, 0.1) is 6.54 Å². The number of carbonyl (C=O) groups is 1. The molecule has 2 aromatic rings. The molecule has 0 radical (unpaired) electrons. The minimum absolute atomic E-state index is 0.0326. The van der Waals surface area contributed by atoms with Crippen LogP contribution in [-0.4, -0.2) is 12.3 Å². The summed E-state index contributed by atoms with van der Waals surface area (Å²) in [7, 11) is 0. The zero-order valence-corrected chi connectivity index (χ0v) is 11.7. The van der Waals surface area contributed by atoms with Crippen LogP contribution in [0.5, 0.6) is 0 Å². The first kappa shape index (κ1) is 14.6. The van der Waals surface area contributed by atoms with Crippen molar-refractivity contribution in [2.45, 2.75) is 6.92 Å². The molecule has 0 aliphatic rings. The number of Topliss-reactive ketones (excluding diaryl/α,β-unsaturated/α-hetero) is 1. The van der Waals surface area contributed by atoms with Gasteiger partial charge in [0.1, 0.15) is 0 Å². The van der Waals surface area contributed by atoms with Gasteiger partial charge in [-0.2, -0.15) is 0 Å². The topological polar surface area (TPSA) is 65.8 Å². The Kier molecular flexibility index (Phi) is 4.91. The molecule has 0 aromatic heterocycles. The van der Waals surface area contributed by atoms with Gasteiger partial charge in [0.25, 0.3) is 0 Å². The van der Waals surface area contributed by atoms with Crippen LogP contribution < -0.4 is 0 Å². The van der Waals surface area contributed by atoms with Crippen LogP contribution in [0.3, 0.4) is 0 Å². The Morgan fingerprint density at radius 1 is 1.10 bits per heavy atom. The summed E-state index contributed by atoms with van der Waals surface area (Å²) >= 11 is 0. The summed E-state index contributed by atoms with van der Waals surface area (Å²) in [6.45, 7) is 1.81. The number of benzene rings is 2. The molecule has 0 N–H and O–H groups in total. The van der Waals surface area contributed by atoms with E-state index >= 15 is 0 Å². The lowest BCUT2D eigenvalue weighted by molar-refractivity contribution is 0.101.